The van der Waals surface area contributed by atoms with Crippen LogP contribution in [0.5, 0.6) is 0 Å². The summed E-state index contributed by atoms with van der Waals surface area (Å²) in [5.41, 5.74) is 0.826. The zero-order valence-corrected chi connectivity index (χ0v) is 29.9. The second-order valence-electron chi connectivity index (χ2n) is 11.7. The number of nitrogens with one attached hydrogen (secondary N) is 4. The lowest BCUT2D eigenvalue weighted by molar-refractivity contribution is -0.142. The number of nitrogens with zero attached hydrogens (tertiary/aromatic N) is 1. The molecule has 2 aromatic rings. The Labute approximate surface area is 281 Å². The van der Waals surface area contributed by atoms with Gasteiger partial charge in [0.25, 0.3) is 0 Å². The Balaban J connectivity index is 2.28. The molecule has 0 heterocycles. The molecule has 256 valence electrons. The summed E-state index contributed by atoms with van der Waals surface area (Å²) in [5, 5.41) is 18.6. The summed E-state index contributed by atoms with van der Waals surface area (Å²) >= 11 is 5.67. The third kappa shape index (κ3) is 10.2. The topological polar surface area (TPSA) is 174 Å². The minimum Gasteiger partial charge on any atom is -0.480 e. The number of sulfonamides is 1. The molecule has 46 heavy (non-hydrogen) atoms. The van der Waals surface area contributed by atoms with Crippen molar-refractivity contribution < 1.29 is 32.7 Å². The Morgan fingerprint density at radius 2 is 1.48 bits per heavy atom. The first-order chi connectivity index (χ1) is 21.6. The van der Waals surface area contributed by atoms with Crippen molar-refractivity contribution in [3.63, 3.8) is 0 Å². The molecule has 5 atom stereocenters. The second-order valence-corrected chi connectivity index (χ2v) is 14.7. The predicted octanol–water partition coefficient (Wildman–Crippen LogP) is 2.48. The maximum absolute atomic E-state index is 13.6. The van der Waals surface area contributed by atoms with Crippen molar-refractivity contribution in [3.8, 4) is 0 Å². The molecule has 2 aromatic carbocycles. The van der Waals surface area contributed by atoms with Gasteiger partial charge in [-0.15, -0.1) is 0 Å². The van der Waals surface area contributed by atoms with Crippen LogP contribution in [0.4, 0.5) is 5.69 Å². The smallest absolute Gasteiger partial charge is 0.326 e. The highest BCUT2D eigenvalue weighted by atomic mass is 32.2. The van der Waals surface area contributed by atoms with E-state index in [-0.39, 0.29) is 23.0 Å². The van der Waals surface area contributed by atoms with Crippen molar-refractivity contribution in [2.45, 2.75) is 69.6 Å². The number of hydrogen-bond donors (Lipinski definition) is 6. The number of hydrogen-bond acceptors (Lipinski definition) is 9. The van der Waals surface area contributed by atoms with E-state index in [2.05, 4.69) is 33.3 Å². The van der Waals surface area contributed by atoms with Gasteiger partial charge in [-0.2, -0.15) is 29.1 Å². The van der Waals surface area contributed by atoms with Crippen molar-refractivity contribution in [2.24, 2.45) is 11.8 Å². The number of aliphatic carboxylic acids is 1. The minimum atomic E-state index is -4.21. The van der Waals surface area contributed by atoms with Crippen LogP contribution in [-0.4, -0.2) is 93.2 Å². The van der Waals surface area contributed by atoms with E-state index in [1.807, 2.05) is 44.3 Å². The first-order valence-corrected chi connectivity index (χ1v) is 18.6. The number of benzene rings is 2. The minimum absolute atomic E-state index is 0.00830. The molecule has 0 aliphatic rings. The fourth-order valence-corrected chi connectivity index (χ4v) is 7.07. The van der Waals surface area contributed by atoms with Gasteiger partial charge in [-0.25, -0.2) is 13.2 Å². The number of carboxylic acids is 1. The second kappa shape index (κ2) is 17.8. The number of carboxylic acid groups (broad SMARTS) is 1. The molecular formula is C31H47N5O7S3. The summed E-state index contributed by atoms with van der Waals surface area (Å²) in [6.07, 6.45) is 2.55. The van der Waals surface area contributed by atoms with Crippen LogP contribution in [0, 0.1) is 11.8 Å². The van der Waals surface area contributed by atoms with Crippen LogP contribution in [-0.2, 0) is 29.2 Å². The molecule has 12 nitrogen and oxygen atoms in total. The molecule has 0 saturated heterocycles. The fraction of sp³-hybridized carbons (Fsp3) is 0.548. The Morgan fingerprint density at radius 1 is 0.891 bits per heavy atom. The zero-order chi connectivity index (χ0) is 34.8. The predicted molar refractivity (Wildman–Crippen MR) is 187 cm³/mol. The maximum atomic E-state index is 13.6. The third-order valence-electron chi connectivity index (χ3n) is 7.69. The van der Waals surface area contributed by atoms with Gasteiger partial charge in [0.1, 0.15) is 24.2 Å². The van der Waals surface area contributed by atoms with Crippen molar-refractivity contribution >= 4 is 74.6 Å². The molecule has 15 heteroatoms. The fourth-order valence-electron chi connectivity index (χ4n) is 4.80. The van der Waals surface area contributed by atoms with Crippen molar-refractivity contribution in [1.29, 1.82) is 0 Å². The molecule has 0 unspecified atom stereocenters. The van der Waals surface area contributed by atoms with E-state index in [1.165, 1.54) is 17.8 Å². The lowest BCUT2D eigenvalue weighted by Gasteiger charge is -2.29. The van der Waals surface area contributed by atoms with Gasteiger partial charge in [0.15, 0.2) is 0 Å². The lowest BCUT2D eigenvalue weighted by atomic mass is 9.96. The van der Waals surface area contributed by atoms with Crippen molar-refractivity contribution in [2.75, 3.05) is 36.8 Å². The van der Waals surface area contributed by atoms with Crippen LogP contribution < -0.4 is 25.6 Å². The molecule has 0 saturated carbocycles. The van der Waals surface area contributed by atoms with Crippen LogP contribution in [0.2, 0.25) is 0 Å². The van der Waals surface area contributed by atoms with Crippen LogP contribution in [0.3, 0.4) is 0 Å². The van der Waals surface area contributed by atoms with Gasteiger partial charge < -0.3 is 26.0 Å². The highest BCUT2D eigenvalue weighted by molar-refractivity contribution is 7.98. The Hall–Kier alpha value is -3.01. The van der Waals surface area contributed by atoms with Crippen LogP contribution in [0.1, 0.15) is 40.5 Å². The highest BCUT2D eigenvalue weighted by Gasteiger charge is 2.35. The first kappa shape index (κ1) is 39.2. The maximum Gasteiger partial charge on any atom is 0.326 e. The summed E-state index contributed by atoms with van der Waals surface area (Å²) in [7, 11) is -0.503. The molecule has 0 aromatic heterocycles. The molecule has 0 spiro atoms. The van der Waals surface area contributed by atoms with E-state index in [0.29, 0.717) is 17.6 Å². The first-order valence-electron chi connectivity index (χ1n) is 15.0. The Morgan fingerprint density at radius 3 is 2.02 bits per heavy atom. The van der Waals surface area contributed by atoms with Gasteiger partial charge in [0.05, 0.1) is 4.90 Å². The average Bonchev–Trinajstić information content (AvgIpc) is 3.01. The number of fused-ring (bicyclic) bond motifs is 1. The van der Waals surface area contributed by atoms with E-state index in [9.17, 15) is 32.7 Å². The van der Waals surface area contributed by atoms with E-state index in [4.69, 9.17) is 0 Å². The molecule has 0 aliphatic carbocycles. The molecule has 2 rings (SSSR count). The standard InChI is InChI=1S/C31H47N5O7S3/c1-8-19(4)27(30(39)32-22(31(40)41)15-16-45-7)34-29(38)26(18(2)3)33-28(37)23(17-44)35-46(42,43)25-14-10-11-20-21(25)12-9-13-24(20)36(5)6/h9-14,18-19,22-23,26-27,35,44H,8,15-17H2,1-7H3,(H,32,39)(H,33,37)(H,34,38)(H,40,41)/t19-,22-,23-,26-,27-/m0/s1. The molecule has 3 amide bonds. The van der Waals surface area contributed by atoms with Crippen LogP contribution in [0.25, 0.3) is 10.8 Å². The summed E-state index contributed by atoms with van der Waals surface area (Å²) in [5.74, 6) is -3.72. The van der Waals surface area contributed by atoms with E-state index in [0.717, 1.165) is 11.1 Å². The third-order valence-corrected chi connectivity index (χ3v) is 10.2. The van der Waals surface area contributed by atoms with Crippen molar-refractivity contribution in [1.82, 2.24) is 20.7 Å². The molecule has 0 fully saturated rings. The molecule has 0 radical (unpaired) electrons. The van der Waals surface area contributed by atoms with E-state index < -0.39 is 63.8 Å². The van der Waals surface area contributed by atoms with E-state index in [1.54, 1.807) is 39.0 Å². The number of thiol groups is 1. The Kier molecular flexibility index (Phi) is 15.1. The van der Waals surface area contributed by atoms with Gasteiger partial charge in [0, 0.05) is 36.3 Å². The van der Waals surface area contributed by atoms with Crippen LogP contribution in [0.15, 0.2) is 41.3 Å². The Bertz CT molecular complexity index is 1490. The number of anilines is 1. The summed E-state index contributed by atoms with van der Waals surface area (Å²) in [4.78, 5) is 53.7. The summed E-state index contributed by atoms with van der Waals surface area (Å²) in [6.45, 7) is 6.99. The molecular weight excluding hydrogens is 651 g/mol. The molecule has 5 N–H and O–H groups in total. The monoisotopic (exact) mass is 697 g/mol. The number of thioether (sulfide) groups is 1. The summed E-state index contributed by atoms with van der Waals surface area (Å²) in [6, 6.07) is 5.58. The van der Waals surface area contributed by atoms with Gasteiger partial charge in [0.2, 0.25) is 27.7 Å². The number of carbonyl (C=O) groups excluding carboxylic acids is 3. The zero-order valence-electron chi connectivity index (χ0n) is 27.4. The number of amides is 3. The van der Waals surface area contributed by atoms with Gasteiger partial charge in [-0.3, -0.25) is 14.4 Å². The number of carbonyl (C=O) groups is 4. The summed E-state index contributed by atoms with van der Waals surface area (Å²) < 4.78 is 29.6. The average molecular weight is 698 g/mol. The largest absolute Gasteiger partial charge is 0.480 e. The highest BCUT2D eigenvalue weighted by Crippen LogP contribution is 2.30. The van der Waals surface area contributed by atoms with E-state index >= 15 is 0 Å². The number of rotatable bonds is 18. The van der Waals surface area contributed by atoms with Gasteiger partial charge in [-0.1, -0.05) is 58.4 Å². The van der Waals surface area contributed by atoms with Crippen molar-refractivity contribution in [3.05, 3.63) is 36.4 Å². The van der Waals surface area contributed by atoms with Crippen LogP contribution >= 0.6 is 24.4 Å². The van der Waals surface area contributed by atoms with Gasteiger partial charge >= 0.3 is 5.97 Å². The SMILES string of the molecule is CC[C@H](C)[C@H](NC(=O)[C@@H](NC(=O)[C@H](CS)NS(=O)(=O)c1cccc2c(N(C)C)cccc12)C(C)C)C(=O)N[C@@H](CCSC)C(=O)O. The normalized spacial score (nSPS) is 15.0. The van der Waals surface area contributed by atoms with Gasteiger partial charge in [-0.05, 0) is 42.4 Å². The lowest BCUT2D eigenvalue weighted by Crippen LogP contribution is -2.60. The molecule has 0 bridgehead atoms. The molecule has 0 aliphatic heterocycles. The quantitative estimate of drug-likeness (QED) is 0.128.